The van der Waals surface area contributed by atoms with Gasteiger partial charge < -0.3 is 15.3 Å². The molecule has 3 fully saturated rings. The lowest BCUT2D eigenvalue weighted by atomic mass is 9.45. The van der Waals surface area contributed by atoms with Crippen molar-refractivity contribution in [2.24, 2.45) is 34.5 Å². The third-order valence-corrected chi connectivity index (χ3v) is 8.62. The molecule has 0 aromatic heterocycles. The van der Waals surface area contributed by atoms with Crippen LogP contribution >= 0.6 is 0 Å². The van der Waals surface area contributed by atoms with E-state index in [0.29, 0.717) is 17.8 Å². The second kappa shape index (κ2) is 5.06. The summed E-state index contributed by atoms with van der Waals surface area (Å²) in [4.78, 5) is 0. The summed E-state index contributed by atoms with van der Waals surface area (Å²) < 4.78 is 0. The Morgan fingerprint density at radius 1 is 1.04 bits per heavy atom. The molecular weight excluding hydrogens is 288 g/mol. The minimum atomic E-state index is -0.407. The molecule has 0 aromatic rings. The fourth-order valence-electron chi connectivity index (χ4n) is 7.04. The Hall–Kier alpha value is -0.380. The van der Waals surface area contributed by atoms with Crippen LogP contribution in [-0.2, 0) is 0 Å². The molecule has 4 aliphatic rings. The first kappa shape index (κ1) is 16.1. The molecule has 0 heterocycles. The molecule has 0 aliphatic heterocycles. The van der Waals surface area contributed by atoms with Crippen molar-refractivity contribution in [3.63, 3.8) is 0 Å². The molecule has 0 unspecified atom stereocenters. The Morgan fingerprint density at radius 3 is 2.52 bits per heavy atom. The van der Waals surface area contributed by atoms with Crippen LogP contribution < -0.4 is 0 Å². The molecule has 0 aromatic carbocycles. The molecule has 130 valence electrons. The molecule has 0 radical (unpaired) electrons. The predicted octanol–water partition coefficient (Wildman–Crippen LogP) is 2.89. The van der Waals surface area contributed by atoms with Crippen LogP contribution in [0.15, 0.2) is 11.6 Å². The first-order valence-electron chi connectivity index (χ1n) is 9.54. The van der Waals surface area contributed by atoms with Crippen molar-refractivity contribution in [2.45, 2.75) is 77.6 Å². The molecule has 0 spiro atoms. The van der Waals surface area contributed by atoms with Gasteiger partial charge in [-0.25, -0.2) is 0 Å². The maximum atomic E-state index is 10.9. The summed E-state index contributed by atoms with van der Waals surface area (Å²) in [6.45, 7) is 6.91. The molecule has 3 heteroatoms. The molecule has 0 amide bonds. The third kappa shape index (κ3) is 1.99. The van der Waals surface area contributed by atoms with Crippen LogP contribution in [0.1, 0.15) is 59.3 Å². The van der Waals surface area contributed by atoms with Gasteiger partial charge in [0.1, 0.15) is 0 Å². The average Bonchev–Trinajstić information content (AvgIpc) is 2.78. The van der Waals surface area contributed by atoms with Gasteiger partial charge in [-0.3, -0.25) is 0 Å². The summed E-state index contributed by atoms with van der Waals surface area (Å²) in [6, 6.07) is 0. The Labute approximate surface area is 139 Å². The molecule has 0 saturated heterocycles. The third-order valence-electron chi connectivity index (χ3n) is 8.62. The average molecular weight is 320 g/mol. The van der Waals surface area contributed by atoms with Gasteiger partial charge in [0, 0.05) is 0 Å². The van der Waals surface area contributed by atoms with E-state index in [1.807, 2.05) is 0 Å². The molecule has 3 saturated carbocycles. The lowest BCUT2D eigenvalue weighted by Crippen LogP contribution is -2.57. The van der Waals surface area contributed by atoms with Crippen molar-refractivity contribution < 1.29 is 15.3 Å². The monoisotopic (exact) mass is 320 g/mol. The molecule has 4 rings (SSSR count). The predicted molar refractivity (Wildman–Crippen MR) is 89.7 cm³/mol. The van der Waals surface area contributed by atoms with E-state index in [1.54, 1.807) is 0 Å². The highest BCUT2D eigenvalue weighted by Crippen LogP contribution is 2.65. The van der Waals surface area contributed by atoms with Crippen LogP contribution in [0.3, 0.4) is 0 Å². The summed E-state index contributed by atoms with van der Waals surface area (Å²) in [6.07, 6.45) is 6.92. The largest absolute Gasteiger partial charge is 0.393 e. The zero-order valence-corrected chi connectivity index (χ0v) is 14.7. The molecule has 0 bridgehead atoms. The molecule has 23 heavy (non-hydrogen) atoms. The first-order chi connectivity index (χ1) is 10.8. The van der Waals surface area contributed by atoms with E-state index < -0.39 is 6.10 Å². The Balaban J connectivity index is 1.76. The molecule has 4 aliphatic carbocycles. The number of fused-ring (bicyclic) bond motifs is 5. The van der Waals surface area contributed by atoms with Crippen LogP contribution in [0.25, 0.3) is 0 Å². The van der Waals surface area contributed by atoms with Crippen molar-refractivity contribution in [1.29, 1.82) is 0 Å². The maximum absolute atomic E-state index is 10.9. The number of rotatable bonds is 0. The van der Waals surface area contributed by atoms with E-state index in [0.717, 1.165) is 38.5 Å². The van der Waals surface area contributed by atoms with Crippen LogP contribution in [0.5, 0.6) is 0 Å². The van der Waals surface area contributed by atoms with Crippen LogP contribution in [0.4, 0.5) is 0 Å². The summed E-state index contributed by atoms with van der Waals surface area (Å²) >= 11 is 0. The SMILES string of the molecule is C[C@H]1C[C@H](O)CC2=C[C@H](O)[C@H]3[C@@H]4CC[C@H](O)[C@@]4(C)CC[C@@H]3[C@]21C. The van der Waals surface area contributed by atoms with Gasteiger partial charge in [-0.15, -0.1) is 0 Å². The lowest BCUT2D eigenvalue weighted by Gasteiger charge is -2.60. The number of hydrogen-bond donors (Lipinski definition) is 3. The lowest BCUT2D eigenvalue weighted by molar-refractivity contribution is -0.117. The van der Waals surface area contributed by atoms with Crippen molar-refractivity contribution in [1.82, 2.24) is 0 Å². The van der Waals surface area contributed by atoms with Crippen molar-refractivity contribution in [2.75, 3.05) is 0 Å². The highest BCUT2D eigenvalue weighted by molar-refractivity contribution is 5.29. The fraction of sp³-hybridized carbons (Fsp3) is 0.900. The van der Waals surface area contributed by atoms with Gasteiger partial charge in [0.2, 0.25) is 0 Å². The van der Waals surface area contributed by atoms with Gasteiger partial charge in [0.25, 0.3) is 0 Å². The minimum Gasteiger partial charge on any atom is -0.393 e. The molecule has 9 atom stereocenters. The Morgan fingerprint density at radius 2 is 1.78 bits per heavy atom. The summed E-state index contributed by atoms with van der Waals surface area (Å²) in [5.74, 6) is 1.65. The van der Waals surface area contributed by atoms with Gasteiger partial charge in [-0.2, -0.15) is 0 Å². The number of hydrogen-bond acceptors (Lipinski definition) is 3. The standard InChI is InChI=1S/C20H32O3/c1-11-8-13(21)9-12-10-16(22)18-14-4-5-17(23)19(14,2)7-6-15(18)20(11,12)3/h10-11,13-18,21-23H,4-9H2,1-3H3/t11-,13-,14-,15-,16-,17-,18-,19-,20-/m0/s1. The highest BCUT2D eigenvalue weighted by atomic mass is 16.3. The van der Waals surface area contributed by atoms with Crippen LogP contribution in [-0.4, -0.2) is 33.6 Å². The summed E-state index contributed by atoms with van der Waals surface area (Å²) in [5, 5.41) is 31.6. The van der Waals surface area contributed by atoms with E-state index in [-0.39, 0.29) is 29.0 Å². The van der Waals surface area contributed by atoms with Crippen LogP contribution in [0.2, 0.25) is 0 Å². The van der Waals surface area contributed by atoms with E-state index >= 15 is 0 Å². The van der Waals surface area contributed by atoms with Gasteiger partial charge in [-0.1, -0.05) is 32.4 Å². The second-order valence-electron chi connectivity index (χ2n) is 9.39. The van der Waals surface area contributed by atoms with E-state index in [9.17, 15) is 15.3 Å². The Bertz CT molecular complexity index is 529. The van der Waals surface area contributed by atoms with E-state index in [2.05, 4.69) is 26.8 Å². The topological polar surface area (TPSA) is 60.7 Å². The number of aliphatic hydroxyl groups excluding tert-OH is 3. The molecular formula is C20H32O3. The van der Waals surface area contributed by atoms with Gasteiger partial charge >= 0.3 is 0 Å². The zero-order chi connectivity index (χ0) is 16.6. The quantitative estimate of drug-likeness (QED) is 0.602. The number of aliphatic hydroxyl groups is 3. The normalized spacial score (nSPS) is 58.9. The fourth-order valence-corrected chi connectivity index (χ4v) is 7.04. The van der Waals surface area contributed by atoms with E-state index in [4.69, 9.17) is 0 Å². The first-order valence-corrected chi connectivity index (χ1v) is 9.54. The highest BCUT2D eigenvalue weighted by Gasteiger charge is 2.61. The Kier molecular flexibility index (Phi) is 3.54. The molecule has 3 N–H and O–H groups in total. The minimum absolute atomic E-state index is 0.0126. The van der Waals surface area contributed by atoms with Gasteiger partial charge in [0.15, 0.2) is 0 Å². The molecule has 3 nitrogen and oxygen atoms in total. The van der Waals surface area contributed by atoms with Gasteiger partial charge in [-0.05, 0) is 73.0 Å². The van der Waals surface area contributed by atoms with Crippen molar-refractivity contribution >= 4 is 0 Å². The summed E-state index contributed by atoms with van der Waals surface area (Å²) in [5.41, 5.74) is 1.39. The second-order valence-corrected chi connectivity index (χ2v) is 9.39. The van der Waals surface area contributed by atoms with Crippen LogP contribution in [0, 0.1) is 34.5 Å². The van der Waals surface area contributed by atoms with Gasteiger partial charge in [0.05, 0.1) is 18.3 Å². The van der Waals surface area contributed by atoms with E-state index in [1.165, 1.54) is 5.57 Å². The maximum Gasteiger partial charge on any atom is 0.0757 e. The smallest absolute Gasteiger partial charge is 0.0757 e. The summed E-state index contributed by atoms with van der Waals surface area (Å²) in [7, 11) is 0. The van der Waals surface area contributed by atoms with Crippen molar-refractivity contribution in [3.05, 3.63) is 11.6 Å². The zero-order valence-electron chi connectivity index (χ0n) is 14.7. The van der Waals surface area contributed by atoms with Crippen molar-refractivity contribution in [3.8, 4) is 0 Å².